The van der Waals surface area contributed by atoms with Crippen molar-refractivity contribution in [2.24, 2.45) is 0 Å². The van der Waals surface area contributed by atoms with E-state index in [0.29, 0.717) is 5.78 Å². The van der Waals surface area contributed by atoms with Gasteiger partial charge in [0.2, 0.25) is 0 Å². The van der Waals surface area contributed by atoms with Crippen molar-refractivity contribution in [1.29, 1.82) is 0 Å². The van der Waals surface area contributed by atoms with Crippen molar-refractivity contribution in [3.8, 4) is 0 Å². The van der Waals surface area contributed by atoms with E-state index in [4.69, 9.17) is 0 Å². The van der Waals surface area contributed by atoms with Crippen LogP contribution in [0.1, 0.15) is 246 Å². The lowest BCUT2D eigenvalue weighted by molar-refractivity contribution is -0.119. The molecule has 0 N–H and O–H groups in total. The molecular formula is C43H84O. The predicted octanol–water partition coefficient (Wildman–Crippen LogP) is 16.0. The molecule has 0 unspecified atom stereocenters. The Morgan fingerprint density at radius 1 is 0.295 bits per heavy atom. The Bertz CT molecular complexity index is 559. The zero-order chi connectivity index (χ0) is 32.4. The van der Waals surface area contributed by atoms with Gasteiger partial charge in [0.05, 0.1) is 0 Å². The summed E-state index contributed by atoms with van der Waals surface area (Å²) in [5.74, 6) is 0.458. The zero-order valence-corrected chi connectivity index (χ0v) is 31.3. The maximum atomic E-state index is 11.7. The van der Waals surface area contributed by atoms with Gasteiger partial charge in [0, 0.05) is 12.8 Å². The normalized spacial score (nSPS) is 11.5. The first-order chi connectivity index (χ1) is 21.7. The highest BCUT2D eigenvalue weighted by Gasteiger charge is 2.00. The standard InChI is InChI=1S/C23H46.C20H38O/c1-3-5-7-9-11-13-15-17-19-21-23-22-20-18-16-14-12-10-8-6-4-2;1-3-5-7-9-11-13-15-17-19-20(21)18-16-14-12-10-8-6-4-2/h13,15H,3-12,14,16-23H2,1-2H3;13,15H,3-12,14,16-19H2,1-2H3/b2*15-13-. The second-order valence-corrected chi connectivity index (χ2v) is 13.6. The molecule has 262 valence electrons. The molecule has 0 amide bonds. The molecular weight excluding hydrogens is 532 g/mol. The van der Waals surface area contributed by atoms with E-state index in [2.05, 4.69) is 52.0 Å². The third-order valence-electron chi connectivity index (χ3n) is 8.91. The molecule has 0 rings (SSSR count). The van der Waals surface area contributed by atoms with Crippen molar-refractivity contribution in [2.45, 2.75) is 246 Å². The zero-order valence-electron chi connectivity index (χ0n) is 31.3. The third-order valence-corrected chi connectivity index (χ3v) is 8.91. The summed E-state index contributed by atoms with van der Waals surface area (Å²) in [7, 11) is 0. The van der Waals surface area contributed by atoms with Gasteiger partial charge in [-0.25, -0.2) is 0 Å². The summed E-state index contributed by atoms with van der Waals surface area (Å²) in [5, 5.41) is 0. The Labute approximate surface area is 280 Å². The number of carbonyl (C=O) groups excluding carboxylic acids is 1. The molecule has 0 heterocycles. The molecule has 1 nitrogen and oxygen atoms in total. The number of hydrogen-bond donors (Lipinski definition) is 0. The summed E-state index contributed by atoms with van der Waals surface area (Å²) in [6.45, 7) is 9.07. The molecule has 0 spiro atoms. The monoisotopic (exact) mass is 617 g/mol. The van der Waals surface area contributed by atoms with Gasteiger partial charge in [-0.15, -0.1) is 0 Å². The van der Waals surface area contributed by atoms with Gasteiger partial charge in [0.25, 0.3) is 0 Å². The summed E-state index contributed by atoms with van der Waals surface area (Å²) in [6.07, 6.45) is 54.4. The van der Waals surface area contributed by atoms with Crippen LogP contribution in [0.5, 0.6) is 0 Å². The Kier molecular flexibility index (Phi) is 45.6. The average Bonchev–Trinajstić information content (AvgIpc) is 3.03. The lowest BCUT2D eigenvalue weighted by Crippen LogP contribution is -1.96. The highest BCUT2D eigenvalue weighted by molar-refractivity contribution is 5.78. The molecule has 0 aromatic heterocycles. The van der Waals surface area contributed by atoms with E-state index in [0.717, 1.165) is 25.7 Å². The van der Waals surface area contributed by atoms with Crippen LogP contribution in [0, 0.1) is 0 Å². The topological polar surface area (TPSA) is 17.1 Å². The van der Waals surface area contributed by atoms with Gasteiger partial charge in [0.1, 0.15) is 5.78 Å². The van der Waals surface area contributed by atoms with Crippen LogP contribution in [0.2, 0.25) is 0 Å². The Morgan fingerprint density at radius 3 is 0.886 bits per heavy atom. The SMILES string of the molecule is CCCCCC/C=C\CCC(=O)CCCCCCCCC.CCCCCC/C=C\CCCCCCCCCCCCCCC. The van der Waals surface area contributed by atoms with Crippen LogP contribution >= 0.6 is 0 Å². The van der Waals surface area contributed by atoms with Crippen LogP contribution in [0.4, 0.5) is 0 Å². The van der Waals surface area contributed by atoms with E-state index in [1.807, 2.05) is 0 Å². The van der Waals surface area contributed by atoms with E-state index >= 15 is 0 Å². The minimum absolute atomic E-state index is 0.458. The van der Waals surface area contributed by atoms with Crippen LogP contribution in [-0.2, 0) is 4.79 Å². The largest absolute Gasteiger partial charge is 0.300 e. The van der Waals surface area contributed by atoms with Crippen LogP contribution in [0.15, 0.2) is 24.3 Å². The Balaban J connectivity index is 0. The number of rotatable bonds is 35. The number of Topliss-reactive ketones (excluding diaryl/α,β-unsaturated/α-hetero) is 1. The second-order valence-electron chi connectivity index (χ2n) is 13.6. The van der Waals surface area contributed by atoms with Crippen molar-refractivity contribution in [3.63, 3.8) is 0 Å². The van der Waals surface area contributed by atoms with E-state index in [-0.39, 0.29) is 0 Å². The van der Waals surface area contributed by atoms with Crippen molar-refractivity contribution in [3.05, 3.63) is 24.3 Å². The fourth-order valence-electron chi connectivity index (χ4n) is 5.78. The van der Waals surface area contributed by atoms with Crippen molar-refractivity contribution >= 4 is 5.78 Å². The summed E-state index contributed by atoms with van der Waals surface area (Å²) in [4.78, 5) is 11.7. The van der Waals surface area contributed by atoms with Gasteiger partial charge in [0.15, 0.2) is 0 Å². The molecule has 0 atom stereocenters. The van der Waals surface area contributed by atoms with Gasteiger partial charge < -0.3 is 0 Å². The lowest BCUT2D eigenvalue weighted by atomic mass is 10.0. The van der Waals surface area contributed by atoms with Gasteiger partial charge in [-0.1, -0.05) is 206 Å². The van der Waals surface area contributed by atoms with Gasteiger partial charge in [-0.3, -0.25) is 4.79 Å². The molecule has 0 saturated carbocycles. The second kappa shape index (κ2) is 44.3. The van der Waals surface area contributed by atoms with Crippen LogP contribution < -0.4 is 0 Å². The van der Waals surface area contributed by atoms with E-state index in [9.17, 15) is 4.79 Å². The molecule has 0 aliphatic heterocycles. The molecule has 0 bridgehead atoms. The van der Waals surface area contributed by atoms with Crippen molar-refractivity contribution < 1.29 is 4.79 Å². The molecule has 44 heavy (non-hydrogen) atoms. The number of ketones is 1. The summed E-state index contributed by atoms with van der Waals surface area (Å²) < 4.78 is 0. The van der Waals surface area contributed by atoms with Crippen LogP contribution in [-0.4, -0.2) is 5.78 Å². The highest BCUT2D eigenvalue weighted by Crippen LogP contribution is 2.14. The average molecular weight is 617 g/mol. The van der Waals surface area contributed by atoms with E-state index in [1.165, 1.54) is 193 Å². The minimum atomic E-state index is 0.458. The van der Waals surface area contributed by atoms with Crippen LogP contribution in [0.25, 0.3) is 0 Å². The summed E-state index contributed by atoms with van der Waals surface area (Å²) in [6, 6.07) is 0. The number of unbranched alkanes of at least 4 members (excludes halogenated alkanes) is 27. The summed E-state index contributed by atoms with van der Waals surface area (Å²) >= 11 is 0. The maximum Gasteiger partial charge on any atom is 0.133 e. The molecule has 0 saturated heterocycles. The van der Waals surface area contributed by atoms with Gasteiger partial charge in [-0.2, -0.15) is 0 Å². The number of carbonyl (C=O) groups is 1. The molecule has 0 aromatic carbocycles. The molecule has 0 fully saturated rings. The quantitative estimate of drug-likeness (QED) is 0.0511. The summed E-state index contributed by atoms with van der Waals surface area (Å²) in [5.41, 5.74) is 0. The maximum absolute atomic E-state index is 11.7. The van der Waals surface area contributed by atoms with Crippen LogP contribution in [0.3, 0.4) is 0 Å². The predicted molar refractivity (Wildman–Crippen MR) is 203 cm³/mol. The van der Waals surface area contributed by atoms with Gasteiger partial charge >= 0.3 is 0 Å². The number of allylic oxidation sites excluding steroid dienone is 4. The van der Waals surface area contributed by atoms with E-state index in [1.54, 1.807) is 0 Å². The Morgan fingerprint density at radius 2 is 0.545 bits per heavy atom. The third kappa shape index (κ3) is 45.6. The fourth-order valence-corrected chi connectivity index (χ4v) is 5.78. The molecule has 0 aliphatic carbocycles. The Hall–Kier alpha value is -0.850. The number of hydrogen-bond acceptors (Lipinski definition) is 1. The molecule has 0 radical (unpaired) electrons. The van der Waals surface area contributed by atoms with E-state index < -0.39 is 0 Å². The fraction of sp³-hybridized carbons (Fsp3) is 0.884. The highest BCUT2D eigenvalue weighted by atomic mass is 16.1. The lowest BCUT2D eigenvalue weighted by Gasteiger charge is -2.02. The minimum Gasteiger partial charge on any atom is -0.300 e. The first-order valence-electron chi connectivity index (χ1n) is 20.5. The van der Waals surface area contributed by atoms with Gasteiger partial charge in [-0.05, 0) is 51.4 Å². The van der Waals surface area contributed by atoms with Crippen molar-refractivity contribution in [1.82, 2.24) is 0 Å². The molecule has 0 aromatic rings. The smallest absolute Gasteiger partial charge is 0.133 e. The van der Waals surface area contributed by atoms with Crippen molar-refractivity contribution in [2.75, 3.05) is 0 Å². The molecule has 0 aliphatic rings. The molecule has 1 heteroatoms. The first kappa shape index (κ1) is 45.3. The first-order valence-corrected chi connectivity index (χ1v) is 20.5.